The number of ketones is 1. The number of Topliss-reactive ketones (excluding diaryl/α,β-unsaturated/α-hetero) is 1. The van der Waals surface area contributed by atoms with Gasteiger partial charge >= 0.3 is 6.09 Å². The molecule has 0 bridgehead atoms. The topological polar surface area (TPSA) is 105 Å². The highest BCUT2D eigenvalue weighted by molar-refractivity contribution is 5.89. The molecule has 0 spiro atoms. The van der Waals surface area contributed by atoms with Crippen LogP contribution < -0.4 is 10.6 Å². The molecular weight excluding hydrogens is 396 g/mol. The van der Waals surface area contributed by atoms with Crippen LogP contribution in [-0.4, -0.2) is 46.7 Å². The second-order valence-corrected chi connectivity index (χ2v) is 9.72. The van der Waals surface area contributed by atoms with Crippen molar-refractivity contribution >= 4 is 17.8 Å². The van der Waals surface area contributed by atoms with Gasteiger partial charge in [0.15, 0.2) is 5.78 Å². The molecular formula is C24H36N2O5. The average molecular weight is 433 g/mol. The summed E-state index contributed by atoms with van der Waals surface area (Å²) >= 11 is 0. The Balaban J connectivity index is 2.12. The lowest BCUT2D eigenvalue weighted by atomic mass is 9.85. The van der Waals surface area contributed by atoms with Gasteiger partial charge in [0.05, 0.1) is 6.04 Å². The SMILES string of the molecule is CC(C)[C@H](NC(=O)OC(C)(C)C)C(=O)CC(Cc1ccccc1)C(O)C(=O)NC1CC1. The third-order valence-electron chi connectivity index (χ3n) is 5.13. The van der Waals surface area contributed by atoms with Crippen LogP contribution in [0.2, 0.25) is 0 Å². The maximum Gasteiger partial charge on any atom is 0.408 e. The highest BCUT2D eigenvalue weighted by atomic mass is 16.6. The van der Waals surface area contributed by atoms with E-state index in [2.05, 4.69) is 10.6 Å². The van der Waals surface area contributed by atoms with Crippen molar-refractivity contribution in [2.24, 2.45) is 11.8 Å². The summed E-state index contributed by atoms with van der Waals surface area (Å²) in [5, 5.41) is 16.2. The van der Waals surface area contributed by atoms with E-state index in [1.807, 2.05) is 44.2 Å². The molecule has 3 N–H and O–H groups in total. The number of rotatable bonds is 10. The van der Waals surface area contributed by atoms with Crippen molar-refractivity contribution in [1.29, 1.82) is 0 Å². The molecule has 172 valence electrons. The van der Waals surface area contributed by atoms with Gasteiger partial charge in [0, 0.05) is 18.4 Å². The monoisotopic (exact) mass is 432 g/mol. The normalized spacial score (nSPS) is 16.9. The summed E-state index contributed by atoms with van der Waals surface area (Å²) in [6.07, 6.45) is 0.201. The fourth-order valence-corrected chi connectivity index (χ4v) is 3.38. The molecule has 2 amide bonds. The maximum atomic E-state index is 13.1. The minimum absolute atomic E-state index is 0.0349. The van der Waals surface area contributed by atoms with Crippen LogP contribution in [0.15, 0.2) is 30.3 Å². The molecule has 0 radical (unpaired) electrons. The van der Waals surface area contributed by atoms with Crippen LogP contribution in [0.5, 0.6) is 0 Å². The summed E-state index contributed by atoms with van der Waals surface area (Å²) in [4.78, 5) is 37.8. The predicted molar refractivity (Wildman–Crippen MR) is 118 cm³/mol. The van der Waals surface area contributed by atoms with E-state index in [9.17, 15) is 19.5 Å². The van der Waals surface area contributed by atoms with Crippen LogP contribution in [0.3, 0.4) is 0 Å². The lowest BCUT2D eigenvalue weighted by Gasteiger charge is -2.27. The van der Waals surface area contributed by atoms with Crippen molar-refractivity contribution in [1.82, 2.24) is 10.6 Å². The molecule has 7 heteroatoms. The van der Waals surface area contributed by atoms with Crippen LogP contribution >= 0.6 is 0 Å². The second-order valence-electron chi connectivity index (χ2n) is 9.72. The molecule has 0 aliphatic heterocycles. The number of ether oxygens (including phenoxy) is 1. The number of benzene rings is 1. The molecule has 0 heterocycles. The van der Waals surface area contributed by atoms with Gasteiger partial charge in [-0.3, -0.25) is 9.59 Å². The lowest BCUT2D eigenvalue weighted by Crippen LogP contribution is -2.48. The summed E-state index contributed by atoms with van der Waals surface area (Å²) in [6.45, 7) is 8.93. The molecule has 1 fully saturated rings. The van der Waals surface area contributed by atoms with Crippen molar-refractivity contribution in [3.63, 3.8) is 0 Å². The quantitative estimate of drug-likeness (QED) is 0.527. The van der Waals surface area contributed by atoms with Gasteiger partial charge in [-0.15, -0.1) is 0 Å². The zero-order chi connectivity index (χ0) is 23.2. The van der Waals surface area contributed by atoms with Crippen molar-refractivity contribution in [3.8, 4) is 0 Å². The zero-order valence-electron chi connectivity index (χ0n) is 19.2. The molecule has 1 aromatic carbocycles. The van der Waals surface area contributed by atoms with E-state index < -0.39 is 35.7 Å². The van der Waals surface area contributed by atoms with Gasteiger partial charge in [0.2, 0.25) is 5.91 Å². The summed E-state index contributed by atoms with van der Waals surface area (Å²) in [7, 11) is 0. The van der Waals surface area contributed by atoms with Crippen LogP contribution in [0, 0.1) is 11.8 Å². The molecule has 3 atom stereocenters. The predicted octanol–water partition coefficient (Wildman–Crippen LogP) is 2.99. The smallest absolute Gasteiger partial charge is 0.408 e. The van der Waals surface area contributed by atoms with Gasteiger partial charge in [-0.2, -0.15) is 0 Å². The molecule has 1 aliphatic rings. The van der Waals surface area contributed by atoms with Crippen LogP contribution in [0.1, 0.15) is 59.4 Å². The van der Waals surface area contributed by atoms with Crippen LogP contribution in [0.4, 0.5) is 4.79 Å². The van der Waals surface area contributed by atoms with Crippen LogP contribution in [0.25, 0.3) is 0 Å². The van der Waals surface area contributed by atoms with E-state index in [0.29, 0.717) is 6.42 Å². The number of alkyl carbamates (subject to hydrolysis) is 1. The Morgan fingerprint density at radius 2 is 1.74 bits per heavy atom. The highest BCUT2D eigenvalue weighted by Gasteiger charge is 2.35. The first-order chi connectivity index (χ1) is 14.5. The Kier molecular flexibility index (Phi) is 8.62. The first kappa shape index (κ1) is 24.9. The van der Waals surface area contributed by atoms with Gasteiger partial charge in [-0.1, -0.05) is 44.2 Å². The molecule has 2 unspecified atom stereocenters. The third kappa shape index (κ3) is 8.69. The molecule has 7 nitrogen and oxygen atoms in total. The average Bonchev–Trinajstić information content (AvgIpc) is 3.48. The van der Waals surface area contributed by atoms with Gasteiger partial charge in [-0.25, -0.2) is 4.79 Å². The molecule has 1 aliphatic carbocycles. The van der Waals surface area contributed by atoms with Crippen molar-refractivity contribution in [2.75, 3.05) is 0 Å². The summed E-state index contributed by atoms with van der Waals surface area (Å²) in [5.41, 5.74) is 0.251. The molecule has 2 rings (SSSR count). The van der Waals surface area contributed by atoms with E-state index >= 15 is 0 Å². The van der Waals surface area contributed by atoms with Gasteiger partial charge < -0.3 is 20.5 Å². The van der Waals surface area contributed by atoms with E-state index in [4.69, 9.17) is 4.74 Å². The number of amides is 2. The Bertz CT molecular complexity index is 753. The van der Waals surface area contributed by atoms with Gasteiger partial charge in [0.25, 0.3) is 0 Å². The number of carbonyl (C=O) groups is 3. The molecule has 0 saturated heterocycles. The number of hydrogen-bond acceptors (Lipinski definition) is 5. The largest absolute Gasteiger partial charge is 0.444 e. The molecule has 1 saturated carbocycles. The lowest BCUT2D eigenvalue weighted by molar-refractivity contribution is -0.133. The van der Waals surface area contributed by atoms with E-state index in [-0.39, 0.29) is 24.2 Å². The van der Waals surface area contributed by atoms with E-state index in [0.717, 1.165) is 18.4 Å². The second kappa shape index (κ2) is 10.8. The summed E-state index contributed by atoms with van der Waals surface area (Å²) < 4.78 is 5.29. The fraction of sp³-hybridized carbons (Fsp3) is 0.625. The fourth-order valence-electron chi connectivity index (χ4n) is 3.38. The van der Waals surface area contributed by atoms with E-state index in [1.165, 1.54) is 0 Å². The molecule has 0 aromatic heterocycles. The highest BCUT2D eigenvalue weighted by Crippen LogP contribution is 2.23. The first-order valence-electron chi connectivity index (χ1n) is 11.0. The van der Waals surface area contributed by atoms with Gasteiger partial charge in [0.1, 0.15) is 11.7 Å². The van der Waals surface area contributed by atoms with Gasteiger partial charge in [-0.05, 0) is 51.5 Å². The number of hydrogen-bond donors (Lipinski definition) is 3. The Morgan fingerprint density at radius 1 is 1.13 bits per heavy atom. The Labute approximate surface area is 184 Å². The number of aliphatic hydroxyl groups is 1. The summed E-state index contributed by atoms with van der Waals surface area (Å²) in [6, 6.07) is 8.81. The zero-order valence-corrected chi connectivity index (χ0v) is 19.2. The number of carbonyl (C=O) groups excluding carboxylic acids is 3. The third-order valence-corrected chi connectivity index (χ3v) is 5.13. The Hall–Kier alpha value is -2.41. The molecule has 31 heavy (non-hydrogen) atoms. The van der Waals surface area contributed by atoms with Crippen LogP contribution in [-0.2, 0) is 20.7 Å². The van der Waals surface area contributed by atoms with Crippen molar-refractivity contribution < 1.29 is 24.2 Å². The summed E-state index contributed by atoms with van der Waals surface area (Å²) in [5.74, 6) is -1.46. The minimum Gasteiger partial charge on any atom is -0.444 e. The minimum atomic E-state index is -1.31. The van der Waals surface area contributed by atoms with Crippen molar-refractivity contribution in [2.45, 2.75) is 84.1 Å². The number of aliphatic hydroxyl groups excluding tert-OH is 1. The molecule has 1 aromatic rings. The number of nitrogens with one attached hydrogen (secondary N) is 2. The maximum absolute atomic E-state index is 13.1. The first-order valence-corrected chi connectivity index (χ1v) is 11.0. The standard InChI is InChI=1S/C24H36N2O5/c1-15(2)20(26-23(30)31-24(3,4)5)19(27)14-17(13-16-9-7-6-8-10-16)21(28)22(29)25-18-11-12-18/h6-10,15,17-18,20-21,28H,11-14H2,1-5H3,(H,25,29)(H,26,30)/t17?,20-,21?/m0/s1. The van der Waals surface area contributed by atoms with Crippen molar-refractivity contribution in [3.05, 3.63) is 35.9 Å². The van der Waals surface area contributed by atoms with E-state index in [1.54, 1.807) is 20.8 Å². The Morgan fingerprint density at radius 3 is 2.26 bits per heavy atom.